The Morgan fingerprint density at radius 3 is 1.42 bits per heavy atom. The van der Waals surface area contributed by atoms with E-state index in [1.54, 1.807) is 31.2 Å². The molecule has 0 bridgehead atoms. The van der Waals surface area contributed by atoms with Crippen LogP contribution >= 0.6 is 38.6 Å². The Bertz CT molecular complexity index is 4190. The molecule has 2 saturated heterocycles. The molecule has 0 radical (unpaired) electrons. The van der Waals surface area contributed by atoms with Gasteiger partial charge < -0.3 is 25.0 Å². The molecule has 2 aliphatic heterocycles. The first-order valence-corrected chi connectivity index (χ1v) is 31.8. The third-order valence-corrected chi connectivity index (χ3v) is 17.8. The molecule has 0 saturated carbocycles. The average molecular weight is 1320 g/mol. The number of carbonyl (C=O) groups is 2. The van der Waals surface area contributed by atoms with Crippen molar-refractivity contribution in [2.75, 3.05) is 68.6 Å². The van der Waals surface area contributed by atoms with Gasteiger partial charge in [0.15, 0.2) is 10.3 Å². The second kappa shape index (κ2) is 30.0. The van der Waals surface area contributed by atoms with E-state index in [1.807, 2.05) is 95.4 Å². The molecular formula is C65H67BrF2N16O4S2. The first-order chi connectivity index (χ1) is 43.2. The van der Waals surface area contributed by atoms with Gasteiger partial charge in [-0.05, 0) is 144 Å². The monoisotopic (exact) mass is 1320 g/mol. The van der Waals surface area contributed by atoms with Crippen LogP contribution in [0.1, 0.15) is 98.5 Å². The Hall–Kier alpha value is -8.98. The van der Waals surface area contributed by atoms with Crippen LogP contribution in [0.25, 0.3) is 56.1 Å². The summed E-state index contributed by atoms with van der Waals surface area (Å²) in [7, 11) is 3.84. The fraction of sp³-hybridized carbons (Fsp3) is 0.323. The zero-order valence-electron chi connectivity index (χ0n) is 49.6. The number of hydrogen-bond acceptors (Lipinski definition) is 19. The number of carboxylic acids is 1. The minimum absolute atomic E-state index is 0. The van der Waals surface area contributed by atoms with Crippen molar-refractivity contribution in [2.24, 2.45) is 0 Å². The number of pyridine rings is 2. The van der Waals surface area contributed by atoms with Crippen LogP contribution in [0.3, 0.4) is 0 Å². The van der Waals surface area contributed by atoms with Gasteiger partial charge in [-0.15, -0.1) is 0 Å². The molecule has 20 nitrogen and oxygen atoms in total. The molecule has 464 valence electrons. The Morgan fingerprint density at radius 2 is 1.06 bits per heavy atom. The third-order valence-electron chi connectivity index (χ3n) is 15.3. The molecule has 8 aromatic heterocycles. The summed E-state index contributed by atoms with van der Waals surface area (Å²) >= 11 is 5.52. The molecule has 2 N–H and O–H groups in total. The van der Waals surface area contributed by atoms with E-state index >= 15 is 0 Å². The molecule has 2 aromatic carbocycles. The van der Waals surface area contributed by atoms with Gasteiger partial charge >= 0.3 is 11.9 Å². The summed E-state index contributed by atoms with van der Waals surface area (Å²) in [5.74, 6) is 2.34. The van der Waals surface area contributed by atoms with Gasteiger partial charge in [0, 0.05) is 96.5 Å². The maximum Gasteiger partial charge on any atom is 0.317 e. The zero-order valence-corrected chi connectivity index (χ0v) is 52.8. The van der Waals surface area contributed by atoms with Gasteiger partial charge in [-0.1, -0.05) is 59.9 Å². The summed E-state index contributed by atoms with van der Waals surface area (Å²) in [5, 5.41) is 33.6. The molecule has 0 atom stereocenters. The molecule has 0 spiro atoms. The van der Waals surface area contributed by atoms with E-state index in [9.17, 15) is 28.9 Å². The van der Waals surface area contributed by atoms with Crippen molar-refractivity contribution in [3.05, 3.63) is 154 Å². The number of rotatable bonds is 16. The number of nitrogens with zero attached hydrogens (tertiary/aromatic N) is 15. The van der Waals surface area contributed by atoms with E-state index in [0.717, 1.165) is 127 Å². The van der Waals surface area contributed by atoms with Crippen LogP contribution in [0, 0.1) is 34.3 Å². The van der Waals surface area contributed by atoms with Crippen molar-refractivity contribution in [1.29, 1.82) is 10.5 Å². The Balaban J connectivity index is 0.000000192. The number of fused-ring (bicyclic) bond motifs is 2. The van der Waals surface area contributed by atoms with Crippen molar-refractivity contribution in [3.63, 3.8) is 0 Å². The fourth-order valence-corrected chi connectivity index (χ4v) is 12.6. The number of benzene rings is 2. The highest BCUT2D eigenvalue weighted by atomic mass is 79.9. The summed E-state index contributed by atoms with van der Waals surface area (Å²) < 4.78 is 35.6. The third kappa shape index (κ3) is 14.8. The molecule has 0 unspecified atom stereocenters. The first-order valence-electron chi connectivity index (χ1n) is 29.0. The average Bonchev–Trinajstić information content (AvgIpc) is 1.63. The molecule has 12 rings (SSSR count). The second-order valence-electron chi connectivity index (χ2n) is 21.0. The maximum atomic E-state index is 13.5. The van der Waals surface area contributed by atoms with Gasteiger partial charge in [0.1, 0.15) is 84.8 Å². The van der Waals surface area contributed by atoms with Crippen LogP contribution in [0.4, 0.5) is 30.7 Å². The number of aromatic nitrogens is 10. The number of aryl methyl sites for hydroxylation is 2. The molecular weight excluding hydrogens is 1250 g/mol. The number of carboxylic acid groups (broad SMARTS) is 1. The van der Waals surface area contributed by atoms with Gasteiger partial charge in [-0.2, -0.15) is 10.5 Å². The van der Waals surface area contributed by atoms with Crippen LogP contribution in [-0.4, -0.2) is 129 Å². The lowest BCUT2D eigenvalue weighted by Crippen LogP contribution is -2.37. The molecule has 10 heterocycles. The van der Waals surface area contributed by atoms with E-state index < -0.39 is 5.97 Å². The van der Waals surface area contributed by atoms with E-state index in [-0.39, 0.29) is 37.5 Å². The molecule has 10 aromatic rings. The van der Waals surface area contributed by atoms with Gasteiger partial charge in [0.2, 0.25) is 0 Å². The lowest BCUT2D eigenvalue weighted by atomic mass is 9.96. The van der Waals surface area contributed by atoms with Crippen molar-refractivity contribution in [2.45, 2.75) is 78.6 Å². The quantitative estimate of drug-likeness (QED) is 0.0674. The molecule has 2 fully saturated rings. The van der Waals surface area contributed by atoms with Gasteiger partial charge in [0.25, 0.3) is 0 Å². The maximum absolute atomic E-state index is 13.5. The molecule has 0 amide bonds. The number of nitrogens with one attached hydrogen (secondary N) is 1. The number of imidazole rings is 2. The lowest BCUT2D eigenvalue weighted by Gasteiger charge is -2.29. The SMILES string of the molecule is C.CCOC(=O)CBr.CCc1nc2ccc(-c3cnc(C4CCN(CC(=O)O)CC4)nc3)cn2c1N(C)c1nc(-c2ccc(F)cc2)c(C#N)s1.CCc1nc2ccc(-c3cnc(C4CCNCC4)nc3)cn2c1N(C)c1nc(-c2ccc(F)cc2)c(C#N)s1. The number of anilines is 4. The van der Waals surface area contributed by atoms with E-state index in [0.29, 0.717) is 66.8 Å². The van der Waals surface area contributed by atoms with Crippen molar-refractivity contribution >= 4 is 83.7 Å². The van der Waals surface area contributed by atoms with Crippen LogP contribution in [0.15, 0.2) is 110 Å². The number of hydrogen-bond donors (Lipinski definition) is 2. The molecule has 25 heteroatoms. The number of aliphatic carboxylic acids is 1. The number of likely N-dealkylation sites (tertiary alicyclic amines) is 1. The minimum Gasteiger partial charge on any atom is -0.480 e. The number of nitriles is 2. The number of ether oxygens (including phenoxy) is 1. The zero-order chi connectivity index (χ0) is 62.7. The Morgan fingerprint density at radius 1 is 0.644 bits per heavy atom. The number of piperidine rings is 2. The number of halogens is 3. The summed E-state index contributed by atoms with van der Waals surface area (Å²) in [6, 6.07) is 24.5. The summed E-state index contributed by atoms with van der Waals surface area (Å²) in [4.78, 5) is 66.0. The van der Waals surface area contributed by atoms with Crippen molar-refractivity contribution in [1.82, 2.24) is 58.9 Å². The normalized spacial score (nSPS) is 13.5. The standard InChI is InChI=1S/C31H29FN8O2S.C29H27FN8S.C4H7BrO2.CH4/c1-3-24-30(38(2)31-37-28(25(14-33)43-31)19-4-7-23(32)8-5-19)40-17-21(6-9-26(40)36-24)22-15-34-29(35-16-22)20-10-12-39(13-11-20)18-27(41)42;1-3-23-28(37(2)29-36-26(24(14-31)39-29)18-4-7-22(30)8-5-18)38-17-20(6-9-25(38)35-23)21-15-33-27(34-16-21)19-10-12-32-13-11-19;1-2-7-4(6)3-5;/h4-9,15-17,20H,3,10-13,18H2,1-2H3,(H,41,42);4-9,15-17,19,32H,3,10-13H2,1-2H3;2-3H2,1H3;1H4. The van der Waals surface area contributed by atoms with Crippen LogP contribution in [-0.2, 0) is 27.2 Å². The number of alkyl halides is 1. The van der Waals surface area contributed by atoms with Crippen LogP contribution in [0.5, 0.6) is 0 Å². The van der Waals surface area contributed by atoms with Crippen LogP contribution in [0.2, 0.25) is 0 Å². The largest absolute Gasteiger partial charge is 0.480 e. The molecule has 90 heavy (non-hydrogen) atoms. The molecule has 0 aliphatic carbocycles. The van der Waals surface area contributed by atoms with Gasteiger partial charge in [-0.25, -0.2) is 48.7 Å². The molecule has 2 aliphatic rings. The minimum atomic E-state index is -0.803. The summed E-state index contributed by atoms with van der Waals surface area (Å²) in [6.07, 6.45) is 16.7. The van der Waals surface area contributed by atoms with E-state index in [4.69, 9.17) is 35.0 Å². The summed E-state index contributed by atoms with van der Waals surface area (Å²) in [5.41, 5.74) is 9.57. The van der Waals surface area contributed by atoms with Crippen molar-refractivity contribution < 1.29 is 28.2 Å². The highest BCUT2D eigenvalue weighted by molar-refractivity contribution is 9.09. The summed E-state index contributed by atoms with van der Waals surface area (Å²) in [6.45, 7) is 9.87. The van der Waals surface area contributed by atoms with E-state index in [1.165, 1.54) is 46.9 Å². The second-order valence-corrected chi connectivity index (χ2v) is 23.5. The highest BCUT2D eigenvalue weighted by Gasteiger charge is 2.27. The Labute approximate surface area is 536 Å². The lowest BCUT2D eigenvalue weighted by molar-refractivity contribution is -0.140. The number of esters is 1. The predicted octanol–water partition coefficient (Wildman–Crippen LogP) is 12.8. The topological polar surface area (TPSA) is 245 Å². The number of thiazole rings is 2. The van der Waals surface area contributed by atoms with Gasteiger partial charge in [-0.3, -0.25) is 23.3 Å². The van der Waals surface area contributed by atoms with E-state index in [2.05, 4.69) is 65.6 Å². The first kappa shape index (κ1) is 65.5. The Kier molecular flexibility index (Phi) is 21.8. The van der Waals surface area contributed by atoms with Gasteiger partial charge in [0.05, 0.1) is 24.5 Å². The van der Waals surface area contributed by atoms with Crippen molar-refractivity contribution in [3.8, 4) is 56.9 Å². The fourth-order valence-electron chi connectivity index (χ4n) is 10.7. The smallest absolute Gasteiger partial charge is 0.317 e. The number of carbonyl (C=O) groups excluding carboxylic acids is 1. The predicted molar refractivity (Wildman–Crippen MR) is 350 cm³/mol. The highest BCUT2D eigenvalue weighted by Crippen LogP contribution is 2.40. The van der Waals surface area contributed by atoms with Crippen LogP contribution < -0.4 is 15.1 Å².